The number of halogens is 3. The van der Waals surface area contributed by atoms with Crippen LogP contribution in [0, 0.1) is 6.92 Å². The van der Waals surface area contributed by atoms with E-state index in [1.165, 1.54) is 19.1 Å². The lowest BCUT2D eigenvalue weighted by atomic mass is 10.2. The molecule has 0 saturated heterocycles. The van der Waals surface area contributed by atoms with Crippen LogP contribution < -0.4 is 0 Å². The predicted octanol–water partition coefficient (Wildman–Crippen LogP) is 3.81. The highest BCUT2D eigenvalue weighted by atomic mass is 32.3. The number of hydrogen-bond acceptors (Lipinski definition) is 0. The molecule has 0 aliphatic carbocycles. The standard InChI is InChI=1S/C7H7F3S/c1-6-4-2-3-5-7(6)11(8,9)10/h2-5H,1H3. The maximum Gasteiger partial charge on any atom is 0.237 e. The minimum absolute atomic E-state index is 0.301. The van der Waals surface area contributed by atoms with Crippen LogP contribution >= 0.6 is 11.2 Å². The molecular weight excluding hydrogens is 173 g/mol. The van der Waals surface area contributed by atoms with Crippen molar-refractivity contribution < 1.29 is 11.7 Å². The Hall–Kier alpha value is -0.640. The molecular formula is C7H7F3S. The van der Waals surface area contributed by atoms with Gasteiger partial charge in [0.25, 0.3) is 0 Å². The molecule has 0 unspecified atom stereocenters. The summed E-state index contributed by atoms with van der Waals surface area (Å²) in [6.07, 6.45) is 0. The molecule has 0 aromatic heterocycles. The molecule has 0 N–H and O–H groups in total. The van der Waals surface area contributed by atoms with Crippen molar-refractivity contribution in [3.63, 3.8) is 0 Å². The summed E-state index contributed by atoms with van der Waals surface area (Å²) >= 11 is -5.03. The van der Waals surface area contributed by atoms with Crippen LogP contribution in [0.1, 0.15) is 5.56 Å². The van der Waals surface area contributed by atoms with Gasteiger partial charge in [0.15, 0.2) is 0 Å². The van der Waals surface area contributed by atoms with Crippen molar-refractivity contribution >= 4 is 11.2 Å². The zero-order chi connectivity index (χ0) is 8.48. The predicted molar refractivity (Wildman–Crippen MR) is 40.4 cm³/mol. The highest BCUT2D eigenvalue weighted by Gasteiger charge is 2.25. The summed E-state index contributed by atoms with van der Waals surface area (Å²) < 4.78 is 36.4. The van der Waals surface area contributed by atoms with Crippen molar-refractivity contribution in [2.75, 3.05) is 0 Å². The van der Waals surface area contributed by atoms with Crippen LogP contribution in [0.4, 0.5) is 11.7 Å². The number of aryl methyl sites for hydroxylation is 1. The first-order valence-electron chi connectivity index (χ1n) is 2.99. The Labute approximate surface area is 65.2 Å². The molecule has 0 nitrogen and oxygen atoms in total. The van der Waals surface area contributed by atoms with Crippen molar-refractivity contribution in [1.29, 1.82) is 0 Å². The summed E-state index contributed by atoms with van der Waals surface area (Å²) in [7, 11) is 0. The Morgan fingerprint density at radius 1 is 1.09 bits per heavy atom. The molecule has 0 amide bonds. The molecule has 0 spiro atoms. The molecule has 0 saturated carbocycles. The van der Waals surface area contributed by atoms with Crippen molar-refractivity contribution in [2.45, 2.75) is 11.8 Å². The largest absolute Gasteiger partial charge is 0.237 e. The highest BCUT2D eigenvalue weighted by molar-refractivity contribution is 8.21. The molecule has 11 heavy (non-hydrogen) atoms. The number of hydrogen-bond donors (Lipinski definition) is 0. The Bertz CT molecular complexity index is 254. The molecule has 1 aromatic carbocycles. The van der Waals surface area contributed by atoms with Crippen LogP contribution in [0.15, 0.2) is 29.2 Å². The number of benzene rings is 1. The minimum atomic E-state index is -5.03. The molecule has 4 heteroatoms. The van der Waals surface area contributed by atoms with Crippen LogP contribution in [-0.4, -0.2) is 0 Å². The lowest BCUT2D eigenvalue weighted by Crippen LogP contribution is -1.83. The molecule has 0 atom stereocenters. The van der Waals surface area contributed by atoms with Crippen molar-refractivity contribution in [1.82, 2.24) is 0 Å². The van der Waals surface area contributed by atoms with Crippen LogP contribution in [0.2, 0.25) is 0 Å². The summed E-state index contributed by atoms with van der Waals surface area (Å²) in [6, 6.07) is 5.59. The van der Waals surface area contributed by atoms with Gasteiger partial charge in [-0.1, -0.05) is 18.2 Å². The van der Waals surface area contributed by atoms with E-state index in [1.54, 1.807) is 6.07 Å². The van der Waals surface area contributed by atoms with E-state index in [-0.39, 0.29) is 0 Å². The summed E-state index contributed by atoms with van der Waals surface area (Å²) in [5.74, 6) is 0. The van der Waals surface area contributed by atoms with E-state index in [4.69, 9.17) is 0 Å². The van der Waals surface area contributed by atoms with Gasteiger partial charge in [0.1, 0.15) is 0 Å². The quantitative estimate of drug-likeness (QED) is 0.616. The zero-order valence-corrected chi connectivity index (χ0v) is 6.67. The molecule has 62 valence electrons. The third kappa shape index (κ3) is 1.89. The maximum atomic E-state index is 12.1. The SMILES string of the molecule is Cc1ccccc1S(F)(F)F. The smallest absolute Gasteiger partial charge is 0.120 e. The second kappa shape index (κ2) is 2.77. The molecule has 0 heterocycles. The third-order valence-electron chi connectivity index (χ3n) is 1.34. The van der Waals surface area contributed by atoms with Gasteiger partial charge in [-0.05, 0) is 18.6 Å². The molecule has 1 rings (SSSR count). The van der Waals surface area contributed by atoms with E-state index in [1.807, 2.05) is 0 Å². The molecule has 0 aliphatic heterocycles. The Morgan fingerprint density at radius 3 is 2.00 bits per heavy atom. The van der Waals surface area contributed by atoms with E-state index in [2.05, 4.69) is 0 Å². The van der Waals surface area contributed by atoms with E-state index >= 15 is 0 Å². The average molecular weight is 180 g/mol. The van der Waals surface area contributed by atoms with Crippen LogP contribution in [-0.2, 0) is 0 Å². The first-order chi connectivity index (χ1) is 5.02. The van der Waals surface area contributed by atoms with Gasteiger partial charge in [-0.25, -0.2) is 0 Å². The first kappa shape index (κ1) is 8.46. The van der Waals surface area contributed by atoms with Crippen LogP contribution in [0.5, 0.6) is 0 Å². The van der Waals surface area contributed by atoms with Crippen LogP contribution in [0.25, 0.3) is 0 Å². The van der Waals surface area contributed by atoms with E-state index in [0.29, 0.717) is 5.56 Å². The molecule has 0 aliphatic rings. The van der Waals surface area contributed by atoms with Gasteiger partial charge in [-0.2, -0.15) is 0 Å². The van der Waals surface area contributed by atoms with Crippen LogP contribution in [0.3, 0.4) is 0 Å². The van der Waals surface area contributed by atoms with Gasteiger partial charge in [0.05, 0.1) is 4.90 Å². The van der Waals surface area contributed by atoms with Gasteiger partial charge in [-0.3, -0.25) is 0 Å². The molecule has 0 radical (unpaired) electrons. The van der Waals surface area contributed by atoms with Crippen molar-refractivity contribution in [3.8, 4) is 0 Å². The lowest BCUT2D eigenvalue weighted by molar-refractivity contribution is 0.632. The zero-order valence-electron chi connectivity index (χ0n) is 5.85. The van der Waals surface area contributed by atoms with Gasteiger partial charge in [0, 0.05) is 0 Å². The van der Waals surface area contributed by atoms with E-state index < -0.39 is 16.1 Å². The van der Waals surface area contributed by atoms with Crippen molar-refractivity contribution in [2.24, 2.45) is 0 Å². The Kier molecular flexibility index (Phi) is 2.13. The maximum absolute atomic E-state index is 12.1. The van der Waals surface area contributed by atoms with E-state index in [9.17, 15) is 11.7 Å². The third-order valence-corrected chi connectivity index (χ3v) is 2.30. The molecule has 0 bridgehead atoms. The normalized spacial score (nSPS) is 13.1. The second-order valence-electron chi connectivity index (χ2n) is 2.17. The molecule has 1 aromatic rings. The fourth-order valence-electron chi connectivity index (χ4n) is 0.816. The Morgan fingerprint density at radius 2 is 1.64 bits per heavy atom. The van der Waals surface area contributed by atoms with Gasteiger partial charge in [0.2, 0.25) is 11.2 Å². The summed E-state index contributed by atoms with van der Waals surface area (Å²) in [4.78, 5) is -0.472. The summed E-state index contributed by atoms with van der Waals surface area (Å²) in [5, 5.41) is 0. The summed E-state index contributed by atoms with van der Waals surface area (Å²) in [6.45, 7) is 1.47. The minimum Gasteiger partial charge on any atom is -0.120 e. The summed E-state index contributed by atoms with van der Waals surface area (Å²) in [5.41, 5.74) is 0.301. The Balaban J connectivity index is 3.14. The fraction of sp³-hybridized carbons (Fsp3) is 0.143. The van der Waals surface area contributed by atoms with Gasteiger partial charge in [-0.15, -0.1) is 11.7 Å². The average Bonchev–Trinajstić information content (AvgIpc) is 1.86. The lowest BCUT2D eigenvalue weighted by Gasteiger charge is -2.11. The van der Waals surface area contributed by atoms with E-state index in [0.717, 1.165) is 6.07 Å². The fourth-order valence-corrected chi connectivity index (χ4v) is 1.48. The number of rotatable bonds is 1. The van der Waals surface area contributed by atoms with Gasteiger partial charge < -0.3 is 0 Å². The van der Waals surface area contributed by atoms with Gasteiger partial charge >= 0.3 is 0 Å². The molecule has 0 fully saturated rings. The highest BCUT2D eigenvalue weighted by Crippen LogP contribution is 2.61. The monoisotopic (exact) mass is 180 g/mol. The van der Waals surface area contributed by atoms with Crippen molar-refractivity contribution in [3.05, 3.63) is 29.8 Å². The topological polar surface area (TPSA) is 0 Å². The first-order valence-corrected chi connectivity index (χ1v) is 4.33. The second-order valence-corrected chi connectivity index (χ2v) is 3.42.